The van der Waals surface area contributed by atoms with Crippen LogP contribution in [0.15, 0.2) is 54.6 Å². The number of aliphatic carboxylic acids is 1. The number of nitrogens with one attached hydrogen (secondary N) is 1. The maximum Gasteiger partial charge on any atom is 1.00 e. The van der Waals surface area contributed by atoms with Gasteiger partial charge in [0.05, 0.1) is 12.2 Å². The Hall–Kier alpha value is -2.12. The van der Waals surface area contributed by atoms with Crippen LogP contribution in [0.4, 0.5) is 21.6 Å². The molecule has 2 heterocycles. The fraction of sp³-hybridized carbons (Fsp3) is 0.250. The molecule has 5 nitrogen and oxygen atoms in total. The third-order valence-electron chi connectivity index (χ3n) is 5.36. The molecule has 0 bridgehead atoms. The minimum atomic E-state index is -1.19. The predicted octanol–water partition coefficient (Wildman–Crippen LogP) is 1.26. The second kappa shape index (κ2) is 11.1. The van der Waals surface area contributed by atoms with Crippen molar-refractivity contribution >= 4 is 34.8 Å². The summed E-state index contributed by atoms with van der Waals surface area (Å²) >= 11 is 6.03. The van der Waals surface area contributed by atoms with Gasteiger partial charge in [-0.1, -0.05) is 23.7 Å². The van der Waals surface area contributed by atoms with Crippen molar-refractivity contribution in [3.63, 3.8) is 0 Å². The minimum absolute atomic E-state index is 0. The largest absolute Gasteiger partial charge is 1.00 e. The molecule has 0 atom stereocenters. The van der Waals surface area contributed by atoms with Gasteiger partial charge in [0.25, 0.3) is 0 Å². The monoisotopic (exact) mass is 461 g/mol. The first-order valence-corrected chi connectivity index (χ1v) is 10.6. The molecule has 4 rings (SSSR count). The molecule has 1 aliphatic rings. The number of carboxylic acid groups (broad SMARTS) is 1. The van der Waals surface area contributed by atoms with Crippen LogP contribution in [0.3, 0.4) is 0 Å². The molecule has 0 saturated heterocycles. The molecule has 0 unspecified atom stereocenters. The number of halogens is 2. The van der Waals surface area contributed by atoms with Gasteiger partial charge in [-0.05, 0) is 79.3 Å². The number of carbonyl (C=O) groups is 1. The zero-order valence-electron chi connectivity index (χ0n) is 17.9. The molecule has 1 aromatic heterocycles. The quantitative estimate of drug-likeness (QED) is 0.536. The van der Waals surface area contributed by atoms with Gasteiger partial charge >= 0.3 is 29.6 Å². The van der Waals surface area contributed by atoms with Gasteiger partial charge in [-0.2, -0.15) is 0 Å². The number of aromatic nitrogens is 1. The number of carbonyl (C=O) groups excluding carboxylic acids is 1. The third kappa shape index (κ3) is 6.01. The van der Waals surface area contributed by atoms with E-state index in [1.807, 2.05) is 30.3 Å². The second-order valence-corrected chi connectivity index (χ2v) is 7.99. The van der Waals surface area contributed by atoms with Gasteiger partial charge < -0.3 is 20.1 Å². The summed E-state index contributed by atoms with van der Waals surface area (Å²) in [6.45, 7) is 1.33. The minimum Gasteiger partial charge on any atom is -0.550 e. The maximum atomic E-state index is 14.2. The van der Waals surface area contributed by atoms with E-state index in [9.17, 15) is 14.3 Å². The van der Waals surface area contributed by atoms with E-state index < -0.39 is 11.8 Å². The molecule has 2 aromatic carbocycles. The number of rotatable bonds is 7. The molecule has 3 aromatic rings. The van der Waals surface area contributed by atoms with Crippen LogP contribution in [0.25, 0.3) is 0 Å². The molecular formula is C24H22ClFN3NaO2. The van der Waals surface area contributed by atoms with Crippen LogP contribution in [0.1, 0.15) is 29.7 Å². The topological polar surface area (TPSA) is 68.3 Å². The first-order chi connectivity index (χ1) is 15.0. The Kier molecular flexibility index (Phi) is 8.54. The number of hydrogen-bond donors (Lipinski definition) is 1. The van der Waals surface area contributed by atoms with Crippen molar-refractivity contribution in [2.24, 2.45) is 0 Å². The number of nitrogens with zero attached hydrogens (tertiary/aromatic N) is 2. The smallest absolute Gasteiger partial charge is 0.550 e. The normalized spacial score (nSPS) is 12.6. The first kappa shape index (κ1) is 24.5. The summed E-state index contributed by atoms with van der Waals surface area (Å²) in [5, 5.41) is 14.5. The molecular weight excluding hydrogens is 440 g/mol. The Morgan fingerprint density at radius 3 is 2.66 bits per heavy atom. The average molecular weight is 462 g/mol. The van der Waals surface area contributed by atoms with Gasteiger partial charge in [0.2, 0.25) is 0 Å². The van der Waals surface area contributed by atoms with E-state index in [1.165, 1.54) is 11.6 Å². The van der Waals surface area contributed by atoms with Gasteiger partial charge in [-0.15, -0.1) is 0 Å². The van der Waals surface area contributed by atoms with Gasteiger partial charge in [0, 0.05) is 28.9 Å². The van der Waals surface area contributed by atoms with Crippen molar-refractivity contribution in [2.45, 2.75) is 32.2 Å². The van der Waals surface area contributed by atoms with Crippen LogP contribution in [0.2, 0.25) is 5.02 Å². The second-order valence-electron chi connectivity index (χ2n) is 7.55. The molecule has 0 radical (unpaired) electrons. The predicted molar refractivity (Wildman–Crippen MR) is 118 cm³/mol. The average Bonchev–Trinajstić information content (AvgIpc) is 2.77. The van der Waals surface area contributed by atoms with E-state index in [-0.39, 0.29) is 42.4 Å². The van der Waals surface area contributed by atoms with E-state index in [0.717, 1.165) is 36.6 Å². The summed E-state index contributed by atoms with van der Waals surface area (Å²) < 4.78 is 14.2. The molecule has 0 saturated carbocycles. The maximum absolute atomic E-state index is 14.2. The fourth-order valence-corrected chi connectivity index (χ4v) is 3.87. The summed E-state index contributed by atoms with van der Waals surface area (Å²) in [4.78, 5) is 17.6. The molecule has 1 N–H and O–H groups in total. The molecule has 0 amide bonds. The third-order valence-corrected chi connectivity index (χ3v) is 5.61. The van der Waals surface area contributed by atoms with E-state index in [2.05, 4.69) is 16.3 Å². The fourth-order valence-electron chi connectivity index (χ4n) is 3.74. The number of hydrogen-bond acceptors (Lipinski definition) is 5. The van der Waals surface area contributed by atoms with Crippen LogP contribution >= 0.6 is 11.6 Å². The zero-order valence-corrected chi connectivity index (χ0v) is 20.7. The van der Waals surface area contributed by atoms with Crippen molar-refractivity contribution in [2.75, 3.05) is 16.8 Å². The Balaban J connectivity index is 0.00000289. The SMILES string of the molecule is O=C([O-])CCc1ccc(NCc2ccc3c(n2)N(c2ccc(Cl)cc2)CCC3)cc1F.[Na+]. The molecule has 0 fully saturated rings. The number of aryl methyl sites for hydroxylation is 2. The van der Waals surface area contributed by atoms with Crippen LogP contribution in [-0.2, 0) is 24.2 Å². The van der Waals surface area contributed by atoms with E-state index in [4.69, 9.17) is 16.6 Å². The molecule has 160 valence electrons. The van der Waals surface area contributed by atoms with E-state index in [1.54, 1.807) is 12.1 Å². The molecule has 1 aliphatic heterocycles. The summed E-state index contributed by atoms with van der Waals surface area (Å²) in [7, 11) is 0. The van der Waals surface area contributed by atoms with Gasteiger partial charge in [0.1, 0.15) is 11.6 Å². The standard InChI is InChI=1S/C24H23ClFN3O2.Na/c25-18-6-10-21(11-7-18)29-13-1-2-17-4-9-20(28-24(17)29)15-27-19-8-3-16(22(26)14-19)5-12-23(30)31;/h3-4,6-11,14,27H,1-2,5,12-13,15H2,(H,30,31);/q;+1/p-1. The first-order valence-electron chi connectivity index (χ1n) is 10.2. The summed E-state index contributed by atoms with van der Waals surface area (Å²) in [6, 6.07) is 16.6. The molecule has 32 heavy (non-hydrogen) atoms. The van der Waals surface area contributed by atoms with Gasteiger partial charge in [-0.3, -0.25) is 0 Å². The number of pyridine rings is 1. The van der Waals surface area contributed by atoms with Crippen molar-refractivity contribution < 1.29 is 43.8 Å². The number of carboxylic acids is 1. The Labute approximate surface area is 213 Å². The van der Waals surface area contributed by atoms with E-state index in [0.29, 0.717) is 22.8 Å². The van der Waals surface area contributed by atoms with Crippen molar-refractivity contribution in [1.29, 1.82) is 0 Å². The number of benzene rings is 2. The number of fused-ring (bicyclic) bond motifs is 1. The van der Waals surface area contributed by atoms with Crippen LogP contribution in [0.5, 0.6) is 0 Å². The van der Waals surface area contributed by atoms with Gasteiger partial charge in [-0.25, -0.2) is 9.37 Å². The summed E-state index contributed by atoms with van der Waals surface area (Å²) in [5.41, 5.74) is 4.08. The van der Waals surface area contributed by atoms with Crippen LogP contribution < -0.4 is 44.9 Å². The Morgan fingerprint density at radius 2 is 1.94 bits per heavy atom. The summed E-state index contributed by atoms with van der Waals surface area (Å²) in [5.74, 6) is -0.678. The van der Waals surface area contributed by atoms with Crippen LogP contribution in [-0.4, -0.2) is 17.5 Å². The number of anilines is 3. The molecule has 0 spiro atoms. The van der Waals surface area contributed by atoms with Crippen LogP contribution in [0, 0.1) is 5.82 Å². The molecule has 8 heteroatoms. The van der Waals surface area contributed by atoms with Crippen molar-refractivity contribution in [3.8, 4) is 0 Å². The van der Waals surface area contributed by atoms with Crippen molar-refractivity contribution in [1.82, 2.24) is 4.98 Å². The molecule has 0 aliphatic carbocycles. The van der Waals surface area contributed by atoms with Crippen molar-refractivity contribution in [3.05, 3.63) is 82.3 Å². The zero-order chi connectivity index (χ0) is 21.8. The van der Waals surface area contributed by atoms with Gasteiger partial charge in [0.15, 0.2) is 0 Å². The van der Waals surface area contributed by atoms with E-state index >= 15 is 0 Å². The Bertz CT molecular complexity index is 1100. The summed E-state index contributed by atoms with van der Waals surface area (Å²) in [6.07, 6.45) is 1.95. The Morgan fingerprint density at radius 1 is 1.16 bits per heavy atom.